The van der Waals surface area contributed by atoms with Gasteiger partial charge in [0, 0.05) is 0 Å². The summed E-state index contributed by atoms with van der Waals surface area (Å²) >= 11 is 1.60. The lowest BCUT2D eigenvalue weighted by Crippen LogP contribution is -2.42. The molecule has 0 aromatic heterocycles. The van der Waals surface area contributed by atoms with Crippen molar-refractivity contribution >= 4 is 23.8 Å². The predicted octanol–water partition coefficient (Wildman–Crippen LogP) is 2.21. The lowest BCUT2D eigenvalue weighted by molar-refractivity contribution is -0.143. The highest BCUT2D eigenvalue weighted by atomic mass is 32.2. The number of rotatable bonds is 7. The highest BCUT2D eigenvalue weighted by Gasteiger charge is 2.21. The number of thioether (sulfide) groups is 1. The van der Waals surface area contributed by atoms with Crippen LogP contribution in [0.3, 0.4) is 0 Å². The Kier molecular flexibility index (Phi) is 7.57. The first-order valence-corrected chi connectivity index (χ1v) is 7.60. The van der Waals surface area contributed by atoms with Crippen LogP contribution in [0.5, 0.6) is 0 Å². The topological polar surface area (TPSA) is 64.6 Å². The molecule has 1 atom stereocenters. The van der Waals surface area contributed by atoms with E-state index in [1.807, 2.05) is 36.6 Å². The number of carbonyl (C=O) groups is 2. The summed E-state index contributed by atoms with van der Waals surface area (Å²) in [5, 5.41) is 2.52. The summed E-state index contributed by atoms with van der Waals surface area (Å²) in [4.78, 5) is 23.2. The van der Waals surface area contributed by atoms with E-state index in [4.69, 9.17) is 4.74 Å². The van der Waals surface area contributed by atoms with Crippen molar-refractivity contribution in [1.82, 2.24) is 5.32 Å². The van der Waals surface area contributed by atoms with Crippen molar-refractivity contribution in [3.05, 3.63) is 35.9 Å². The SMILES string of the molecule is COC(=O)[C@@H](CCSC)NC(=O)OCc1ccccc1. The molecule has 0 aliphatic rings. The molecule has 1 amide bonds. The largest absolute Gasteiger partial charge is 0.467 e. The minimum Gasteiger partial charge on any atom is -0.467 e. The molecule has 1 rings (SSSR count). The van der Waals surface area contributed by atoms with Gasteiger partial charge < -0.3 is 14.8 Å². The zero-order valence-corrected chi connectivity index (χ0v) is 12.4. The minimum absolute atomic E-state index is 0.170. The van der Waals surface area contributed by atoms with E-state index in [1.165, 1.54) is 7.11 Å². The molecule has 1 aromatic rings. The van der Waals surface area contributed by atoms with E-state index in [-0.39, 0.29) is 6.61 Å². The van der Waals surface area contributed by atoms with E-state index in [9.17, 15) is 9.59 Å². The molecular formula is C14H19NO4S. The van der Waals surface area contributed by atoms with Crippen molar-refractivity contribution in [2.45, 2.75) is 19.1 Å². The number of carbonyl (C=O) groups excluding carboxylic acids is 2. The fraction of sp³-hybridized carbons (Fsp3) is 0.429. The second-order valence-corrected chi connectivity index (χ2v) is 5.05. The van der Waals surface area contributed by atoms with Crippen LogP contribution < -0.4 is 5.32 Å². The normalized spacial score (nSPS) is 11.5. The van der Waals surface area contributed by atoms with Gasteiger partial charge in [-0.2, -0.15) is 11.8 Å². The molecule has 0 fully saturated rings. The first-order chi connectivity index (χ1) is 9.67. The average Bonchev–Trinajstić information content (AvgIpc) is 2.49. The van der Waals surface area contributed by atoms with Crippen LogP contribution >= 0.6 is 11.8 Å². The number of esters is 1. The molecule has 0 heterocycles. The number of methoxy groups -OCH3 is 1. The lowest BCUT2D eigenvalue weighted by Gasteiger charge is -2.15. The van der Waals surface area contributed by atoms with E-state index in [1.54, 1.807) is 11.8 Å². The summed E-state index contributed by atoms with van der Waals surface area (Å²) in [6, 6.07) is 8.67. The number of hydrogen-bond donors (Lipinski definition) is 1. The van der Waals surface area contributed by atoms with Gasteiger partial charge in [0.1, 0.15) is 12.6 Å². The first kappa shape index (κ1) is 16.4. The smallest absolute Gasteiger partial charge is 0.408 e. The van der Waals surface area contributed by atoms with Gasteiger partial charge in [-0.3, -0.25) is 0 Å². The number of ether oxygens (including phenoxy) is 2. The van der Waals surface area contributed by atoms with Gasteiger partial charge in [0.05, 0.1) is 7.11 Å². The third-order valence-corrected chi connectivity index (χ3v) is 3.25. The molecular weight excluding hydrogens is 278 g/mol. The molecule has 5 nitrogen and oxygen atoms in total. The van der Waals surface area contributed by atoms with Crippen LogP contribution in [0.4, 0.5) is 4.79 Å². The Bertz CT molecular complexity index is 424. The van der Waals surface area contributed by atoms with Crippen molar-refractivity contribution in [2.75, 3.05) is 19.1 Å². The maximum atomic E-state index is 11.7. The van der Waals surface area contributed by atoms with Crippen LogP contribution in [-0.2, 0) is 20.9 Å². The Hall–Kier alpha value is -1.69. The van der Waals surface area contributed by atoms with Crippen LogP contribution in [-0.4, -0.2) is 37.2 Å². The Morgan fingerprint density at radius 2 is 2.00 bits per heavy atom. The van der Waals surface area contributed by atoms with Crippen molar-refractivity contribution in [2.24, 2.45) is 0 Å². The van der Waals surface area contributed by atoms with E-state index in [0.29, 0.717) is 6.42 Å². The third-order valence-electron chi connectivity index (χ3n) is 2.60. The molecule has 6 heteroatoms. The van der Waals surface area contributed by atoms with E-state index in [0.717, 1.165) is 11.3 Å². The Balaban J connectivity index is 2.43. The van der Waals surface area contributed by atoms with Crippen molar-refractivity contribution in [3.8, 4) is 0 Å². The van der Waals surface area contributed by atoms with Gasteiger partial charge in [-0.25, -0.2) is 9.59 Å². The van der Waals surface area contributed by atoms with Gasteiger partial charge in [-0.05, 0) is 24.0 Å². The van der Waals surface area contributed by atoms with Crippen molar-refractivity contribution < 1.29 is 19.1 Å². The summed E-state index contributed by atoms with van der Waals surface area (Å²) in [6.45, 7) is 0.170. The maximum absolute atomic E-state index is 11.7. The van der Waals surface area contributed by atoms with E-state index >= 15 is 0 Å². The fourth-order valence-corrected chi connectivity index (χ4v) is 2.01. The van der Waals surface area contributed by atoms with Crippen molar-refractivity contribution in [1.29, 1.82) is 0 Å². The fourth-order valence-electron chi connectivity index (χ4n) is 1.53. The Labute approximate surface area is 123 Å². The van der Waals surface area contributed by atoms with Gasteiger partial charge >= 0.3 is 12.1 Å². The highest BCUT2D eigenvalue weighted by molar-refractivity contribution is 7.98. The quantitative estimate of drug-likeness (QED) is 0.782. The zero-order chi connectivity index (χ0) is 14.8. The number of nitrogens with one attached hydrogen (secondary N) is 1. The predicted molar refractivity (Wildman–Crippen MR) is 78.6 cm³/mol. The molecule has 0 unspecified atom stereocenters. The molecule has 0 aliphatic carbocycles. The monoisotopic (exact) mass is 297 g/mol. The highest BCUT2D eigenvalue weighted by Crippen LogP contribution is 2.04. The summed E-state index contributed by atoms with van der Waals surface area (Å²) < 4.78 is 9.72. The van der Waals surface area contributed by atoms with Crippen molar-refractivity contribution in [3.63, 3.8) is 0 Å². The number of hydrogen-bond acceptors (Lipinski definition) is 5. The van der Waals surface area contributed by atoms with Gasteiger partial charge in [0.2, 0.25) is 0 Å². The minimum atomic E-state index is -0.671. The van der Waals surface area contributed by atoms with Gasteiger partial charge in [0.25, 0.3) is 0 Å². The lowest BCUT2D eigenvalue weighted by atomic mass is 10.2. The molecule has 0 spiro atoms. The number of amides is 1. The molecule has 0 saturated carbocycles. The zero-order valence-electron chi connectivity index (χ0n) is 11.6. The van der Waals surface area contributed by atoms with Crippen LogP contribution in [0.15, 0.2) is 30.3 Å². The number of alkyl carbamates (subject to hydrolysis) is 1. The average molecular weight is 297 g/mol. The summed E-state index contributed by atoms with van der Waals surface area (Å²) in [6.07, 6.45) is 1.82. The summed E-state index contributed by atoms with van der Waals surface area (Å²) in [5.74, 6) is 0.286. The first-order valence-electron chi connectivity index (χ1n) is 6.21. The molecule has 20 heavy (non-hydrogen) atoms. The van der Waals surface area contributed by atoms with E-state index in [2.05, 4.69) is 10.1 Å². The Morgan fingerprint density at radius 1 is 1.30 bits per heavy atom. The standard InChI is InChI=1S/C14H19NO4S/c1-18-13(16)12(8-9-20-2)15-14(17)19-10-11-6-4-3-5-7-11/h3-7,12H,8-10H2,1-2H3,(H,15,17)/t12-/m1/s1. The second-order valence-electron chi connectivity index (χ2n) is 4.06. The molecule has 110 valence electrons. The molecule has 1 N–H and O–H groups in total. The van der Waals surface area contributed by atoms with Crippen LogP contribution in [0.2, 0.25) is 0 Å². The third kappa shape index (κ3) is 5.97. The molecule has 0 aliphatic heterocycles. The number of benzene rings is 1. The second kappa shape index (κ2) is 9.25. The molecule has 0 bridgehead atoms. The summed E-state index contributed by atoms with van der Waals surface area (Å²) in [5.41, 5.74) is 0.890. The van der Waals surface area contributed by atoms with Gasteiger partial charge in [-0.1, -0.05) is 30.3 Å². The van der Waals surface area contributed by atoms with Crippen LogP contribution in [0.1, 0.15) is 12.0 Å². The maximum Gasteiger partial charge on any atom is 0.408 e. The summed E-state index contributed by atoms with van der Waals surface area (Å²) in [7, 11) is 1.30. The molecule has 0 radical (unpaired) electrons. The van der Waals surface area contributed by atoms with Gasteiger partial charge in [-0.15, -0.1) is 0 Å². The Morgan fingerprint density at radius 3 is 2.60 bits per heavy atom. The van der Waals surface area contributed by atoms with Gasteiger partial charge in [0.15, 0.2) is 0 Å². The van der Waals surface area contributed by atoms with Crippen LogP contribution in [0.25, 0.3) is 0 Å². The molecule has 0 saturated heterocycles. The van der Waals surface area contributed by atoms with Crippen LogP contribution in [0, 0.1) is 0 Å². The molecule has 1 aromatic carbocycles. The van der Waals surface area contributed by atoms with E-state index < -0.39 is 18.1 Å².